The Morgan fingerprint density at radius 3 is 2.47 bits per heavy atom. The molecule has 5 atom stereocenters. The lowest BCUT2D eigenvalue weighted by atomic mass is 9.99. The van der Waals surface area contributed by atoms with Crippen molar-refractivity contribution < 1.29 is 49.6 Å². The lowest BCUT2D eigenvalue weighted by molar-refractivity contribution is -0.278. The van der Waals surface area contributed by atoms with Crippen LogP contribution in [-0.2, 0) is 20.9 Å². The van der Waals surface area contributed by atoms with E-state index in [1.165, 1.54) is 24.3 Å². The van der Waals surface area contributed by atoms with Gasteiger partial charge in [-0.05, 0) is 29.8 Å². The summed E-state index contributed by atoms with van der Waals surface area (Å²) in [7, 11) is 0. The summed E-state index contributed by atoms with van der Waals surface area (Å²) in [4.78, 5) is 12.0. The van der Waals surface area contributed by atoms with Gasteiger partial charge in [0.1, 0.15) is 36.8 Å². The Kier molecular flexibility index (Phi) is 7.67. The molecule has 10 nitrogen and oxygen atoms in total. The maximum Gasteiger partial charge on any atom is 0.330 e. The van der Waals surface area contributed by atoms with Crippen LogP contribution >= 0.6 is 0 Å². The van der Waals surface area contributed by atoms with Crippen LogP contribution in [-0.4, -0.2) is 73.9 Å². The molecule has 0 saturated carbocycles. The Morgan fingerprint density at radius 1 is 1.00 bits per heavy atom. The van der Waals surface area contributed by atoms with E-state index >= 15 is 0 Å². The molecule has 0 unspecified atom stereocenters. The standard InChI is InChI=1S/C22H24O10/c23-10-13-3-1-2-4-16(13)31-22-21(29)20(28)19(27)17(32-22)11-30-18(26)8-6-12-5-7-14(24)15(25)9-12/h1-9,17,19-25,27-29H,10-11H2/b8-6+/t17-,19-,20+,21-,22-/m1/s1. The van der Waals surface area contributed by atoms with Gasteiger partial charge < -0.3 is 44.8 Å². The number of esters is 1. The van der Waals surface area contributed by atoms with Crippen LogP contribution in [0, 0.1) is 0 Å². The van der Waals surface area contributed by atoms with E-state index in [1.54, 1.807) is 24.3 Å². The van der Waals surface area contributed by atoms with Gasteiger partial charge in [0.2, 0.25) is 6.29 Å². The number of rotatable bonds is 7. The minimum absolute atomic E-state index is 0.221. The van der Waals surface area contributed by atoms with Crippen LogP contribution in [0.4, 0.5) is 0 Å². The van der Waals surface area contributed by atoms with E-state index in [9.17, 15) is 35.4 Å². The maximum absolute atomic E-state index is 12.0. The molecule has 0 aliphatic carbocycles. The number of hydrogen-bond acceptors (Lipinski definition) is 10. The van der Waals surface area contributed by atoms with Crippen molar-refractivity contribution in [2.75, 3.05) is 6.61 Å². The monoisotopic (exact) mass is 448 g/mol. The Bertz CT molecular complexity index is 959. The van der Waals surface area contributed by atoms with Crippen molar-refractivity contribution in [3.05, 3.63) is 59.7 Å². The third kappa shape index (κ3) is 5.55. The number of carbonyl (C=O) groups is 1. The van der Waals surface area contributed by atoms with Gasteiger partial charge in [-0.1, -0.05) is 24.3 Å². The number of aliphatic hydroxyl groups is 4. The summed E-state index contributed by atoms with van der Waals surface area (Å²) in [6, 6.07) is 10.5. The first-order valence-electron chi connectivity index (χ1n) is 9.72. The van der Waals surface area contributed by atoms with Gasteiger partial charge >= 0.3 is 5.97 Å². The molecule has 2 aromatic carbocycles. The molecule has 1 saturated heterocycles. The molecule has 1 fully saturated rings. The molecular weight excluding hydrogens is 424 g/mol. The second-order valence-corrected chi connectivity index (χ2v) is 7.11. The van der Waals surface area contributed by atoms with Crippen LogP contribution in [0.1, 0.15) is 11.1 Å². The zero-order valence-corrected chi connectivity index (χ0v) is 16.8. The van der Waals surface area contributed by atoms with Crippen molar-refractivity contribution in [3.8, 4) is 17.2 Å². The van der Waals surface area contributed by atoms with Gasteiger partial charge in [-0.2, -0.15) is 0 Å². The Labute approximate surface area is 183 Å². The van der Waals surface area contributed by atoms with Crippen molar-refractivity contribution >= 4 is 12.0 Å². The molecule has 0 radical (unpaired) electrons. The number of aromatic hydroxyl groups is 2. The summed E-state index contributed by atoms with van der Waals surface area (Å²) in [6.07, 6.45) is -4.95. The van der Waals surface area contributed by atoms with Crippen LogP contribution in [0.5, 0.6) is 17.2 Å². The minimum atomic E-state index is -1.63. The highest BCUT2D eigenvalue weighted by molar-refractivity contribution is 5.87. The Hall–Kier alpha value is -3.15. The summed E-state index contributed by atoms with van der Waals surface area (Å²) in [6.45, 7) is -0.771. The number of phenolic OH excluding ortho intramolecular Hbond substituents is 2. The second-order valence-electron chi connectivity index (χ2n) is 7.11. The van der Waals surface area contributed by atoms with Crippen molar-refractivity contribution in [1.82, 2.24) is 0 Å². The largest absolute Gasteiger partial charge is 0.504 e. The molecule has 0 amide bonds. The third-order valence-corrected chi connectivity index (χ3v) is 4.86. The van der Waals surface area contributed by atoms with Crippen LogP contribution in [0.25, 0.3) is 6.08 Å². The fraction of sp³-hybridized carbons (Fsp3) is 0.318. The van der Waals surface area contributed by atoms with Gasteiger partial charge in [0, 0.05) is 11.6 Å². The van der Waals surface area contributed by atoms with Crippen molar-refractivity contribution in [2.24, 2.45) is 0 Å². The van der Waals surface area contributed by atoms with E-state index in [4.69, 9.17) is 14.2 Å². The molecule has 2 aromatic rings. The quantitative estimate of drug-likeness (QED) is 0.193. The second kappa shape index (κ2) is 10.4. The molecule has 0 aromatic heterocycles. The highest BCUT2D eigenvalue weighted by Gasteiger charge is 2.45. The first-order chi connectivity index (χ1) is 15.3. The average Bonchev–Trinajstić information content (AvgIpc) is 2.79. The van der Waals surface area contributed by atoms with E-state index in [0.717, 1.165) is 6.08 Å². The summed E-state index contributed by atoms with van der Waals surface area (Å²) >= 11 is 0. The van der Waals surface area contributed by atoms with E-state index in [1.807, 2.05) is 0 Å². The summed E-state index contributed by atoms with van der Waals surface area (Å²) in [5, 5.41) is 58.7. The van der Waals surface area contributed by atoms with Gasteiger partial charge in [-0.25, -0.2) is 4.79 Å². The van der Waals surface area contributed by atoms with Gasteiger partial charge in [0.25, 0.3) is 0 Å². The summed E-state index contributed by atoms with van der Waals surface area (Å²) in [5.41, 5.74) is 0.859. The number of phenols is 2. The molecule has 1 aliphatic rings. The SMILES string of the molecule is O=C(/C=C/c1ccc(O)c(O)c1)OC[C@H]1O[C@@H](Oc2ccccc2CO)[C@H](O)[C@@H](O)[C@@H]1O. The zero-order valence-electron chi connectivity index (χ0n) is 16.8. The van der Waals surface area contributed by atoms with Crippen LogP contribution in [0.15, 0.2) is 48.5 Å². The first kappa shape index (κ1) is 23.5. The predicted octanol–water partition coefficient (Wildman–Crippen LogP) is 0.0331. The zero-order chi connectivity index (χ0) is 23.3. The Morgan fingerprint density at radius 2 is 1.75 bits per heavy atom. The first-order valence-corrected chi connectivity index (χ1v) is 9.72. The topological polar surface area (TPSA) is 166 Å². The number of para-hydroxylation sites is 1. The third-order valence-electron chi connectivity index (χ3n) is 4.86. The molecule has 0 spiro atoms. The number of aliphatic hydroxyl groups excluding tert-OH is 4. The summed E-state index contributed by atoms with van der Waals surface area (Å²) in [5.74, 6) is -1.22. The average molecular weight is 448 g/mol. The van der Waals surface area contributed by atoms with Crippen LogP contribution in [0.3, 0.4) is 0 Å². The number of benzene rings is 2. The van der Waals surface area contributed by atoms with Gasteiger partial charge in [-0.15, -0.1) is 0 Å². The molecule has 1 aliphatic heterocycles. The van der Waals surface area contributed by atoms with E-state index in [-0.39, 0.29) is 23.9 Å². The fourth-order valence-electron chi connectivity index (χ4n) is 3.05. The Balaban J connectivity index is 1.61. The molecule has 1 heterocycles. The van der Waals surface area contributed by atoms with Crippen molar-refractivity contribution in [2.45, 2.75) is 37.3 Å². The molecule has 32 heavy (non-hydrogen) atoms. The highest BCUT2D eigenvalue weighted by atomic mass is 16.7. The molecular formula is C22H24O10. The molecule has 172 valence electrons. The number of carbonyl (C=O) groups excluding carboxylic acids is 1. The maximum atomic E-state index is 12.0. The van der Waals surface area contributed by atoms with Gasteiger partial charge in [0.15, 0.2) is 11.5 Å². The van der Waals surface area contributed by atoms with E-state index in [2.05, 4.69) is 0 Å². The van der Waals surface area contributed by atoms with Gasteiger partial charge in [-0.3, -0.25) is 0 Å². The van der Waals surface area contributed by atoms with E-state index < -0.39 is 43.3 Å². The lowest BCUT2D eigenvalue weighted by Crippen LogP contribution is -2.60. The normalized spacial score (nSPS) is 25.6. The predicted molar refractivity (Wildman–Crippen MR) is 109 cm³/mol. The van der Waals surface area contributed by atoms with E-state index in [0.29, 0.717) is 11.1 Å². The van der Waals surface area contributed by atoms with Gasteiger partial charge in [0.05, 0.1) is 6.61 Å². The smallest absolute Gasteiger partial charge is 0.330 e. The highest BCUT2D eigenvalue weighted by Crippen LogP contribution is 2.27. The molecule has 0 bridgehead atoms. The molecule has 10 heteroatoms. The fourth-order valence-corrected chi connectivity index (χ4v) is 3.05. The van der Waals surface area contributed by atoms with Crippen molar-refractivity contribution in [3.63, 3.8) is 0 Å². The number of ether oxygens (including phenoxy) is 3. The lowest BCUT2D eigenvalue weighted by Gasteiger charge is -2.40. The molecule has 6 N–H and O–H groups in total. The molecule has 3 rings (SSSR count). The van der Waals surface area contributed by atoms with Crippen LogP contribution in [0.2, 0.25) is 0 Å². The minimum Gasteiger partial charge on any atom is -0.504 e. The number of hydrogen-bond donors (Lipinski definition) is 6. The van der Waals surface area contributed by atoms with Crippen molar-refractivity contribution in [1.29, 1.82) is 0 Å². The summed E-state index contributed by atoms with van der Waals surface area (Å²) < 4.78 is 16.1. The van der Waals surface area contributed by atoms with Crippen LogP contribution < -0.4 is 4.74 Å².